The molecule has 1 aromatic heterocycles. The van der Waals surface area contributed by atoms with Gasteiger partial charge in [-0.2, -0.15) is 4.68 Å². The number of carbonyl (C=O) groups excluding carboxylic acids is 1. The van der Waals surface area contributed by atoms with Gasteiger partial charge in [0, 0.05) is 6.54 Å². The number of ether oxygens (including phenoxy) is 1. The Morgan fingerprint density at radius 2 is 2.04 bits per heavy atom. The SMILES string of the molecule is CCCNC(=O)C(C)Sc1nnnn1-c1ccc(OC(F)(F)F)cc1. The molecule has 0 fully saturated rings. The van der Waals surface area contributed by atoms with Gasteiger partial charge in [0.15, 0.2) is 0 Å². The molecule has 0 bridgehead atoms. The first-order chi connectivity index (χ1) is 11.8. The number of hydrogen-bond donors (Lipinski definition) is 1. The average molecular weight is 375 g/mol. The van der Waals surface area contributed by atoms with Gasteiger partial charge >= 0.3 is 6.36 Å². The van der Waals surface area contributed by atoms with Crippen LogP contribution in [0.5, 0.6) is 5.75 Å². The van der Waals surface area contributed by atoms with E-state index in [1.807, 2.05) is 6.92 Å². The molecule has 1 atom stereocenters. The lowest BCUT2D eigenvalue weighted by molar-refractivity contribution is -0.274. The zero-order valence-electron chi connectivity index (χ0n) is 13.4. The molecule has 0 radical (unpaired) electrons. The van der Waals surface area contributed by atoms with Crippen LogP contribution in [0.2, 0.25) is 0 Å². The highest BCUT2D eigenvalue weighted by molar-refractivity contribution is 8.00. The minimum Gasteiger partial charge on any atom is -0.406 e. The molecule has 1 heterocycles. The molecule has 2 rings (SSSR count). The molecule has 0 saturated heterocycles. The largest absolute Gasteiger partial charge is 0.573 e. The Balaban J connectivity index is 2.09. The summed E-state index contributed by atoms with van der Waals surface area (Å²) in [5.41, 5.74) is 0.447. The number of hydrogen-bond acceptors (Lipinski definition) is 6. The quantitative estimate of drug-likeness (QED) is 0.749. The molecule has 0 saturated carbocycles. The summed E-state index contributed by atoms with van der Waals surface area (Å²) in [6, 6.07) is 5.11. The molecular weight excluding hydrogens is 359 g/mol. The van der Waals surface area contributed by atoms with E-state index in [2.05, 4.69) is 25.6 Å². The average Bonchev–Trinajstić information content (AvgIpc) is 2.99. The normalized spacial score (nSPS) is 12.7. The minimum absolute atomic E-state index is 0.143. The van der Waals surface area contributed by atoms with E-state index >= 15 is 0 Å². The summed E-state index contributed by atoms with van der Waals surface area (Å²) >= 11 is 1.15. The number of carbonyl (C=O) groups is 1. The second-order valence-corrected chi connectivity index (χ2v) is 6.27. The molecule has 1 N–H and O–H groups in total. The van der Waals surface area contributed by atoms with Crippen LogP contribution in [0, 0.1) is 0 Å². The van der Waals surface area contributed by atoms with E-state index in [-0.39, 0.29) is 11.7 Å². The zero-order chi connectivity index (χ0) is 18.4. The van der Waals surface area contributed by atoms with Crippen LogP contribution in [0.1, 0.15) is 20.3 Å². The maximum Gasteiger partial charge on any atom is 0.573 e. The Bertz CT molecular complexity index is 705. The minimum atomic E-state index is -4.75. The number of nitrogens with one attached hydrogen (secondary N) is 1. The van der Waals surface area contributed by atoms with Crippen molar-refractivity contribution in [3.63, 3.8) is 0 Å². The molecule has 136 valence electrons. The molecule has 0 spiro atoms. The summed E-state index contributed by atoms with van der Waals surface area (Å²) in [7, 11) is 0. The van der Waals surface area contributed by atoms with Gasteiger partial charge < -0.3 is 10.1 Å². The molecule has 25 heavy (non-hydrogen) atoms. The number of thioether (sulfide) groups is 1. The van der Waals surface area contributed by atoms with Crippen molar-refractivity contribution in [3.8, 4) is 11.4 Å². The fourth-order valence-electron chi connectivity index (χ4n) is 1.81. The third kappa shape index (κ3) is 5.62. The van der Waals surface area contributed by atoms with Crippen molar-refractivity contribution in [1.29, 1.82) is 0 Å². The van der Waals surface area contributed by atoms with Crippen LogP contribution >= 0.6 is 11.8 Å². The third-order valence-electron chi connectivity index (χ3n) is 2.96. The van der Waals surface area contributed by atoms with Crippen LogP contribution < -0.4 is 10.1 Å². The topological polar surface area (TPSA) is 81.9 Å². The van der Waals surface area contributed by atoms with Crippen LogP contribution in [0.25, 0.3) is 5.69 Å². The van der Waals surface area contributed by atoms with E-state index in [0.717, 1.165) is 30.3 Å². The molecule has 1 aromatic carbocycles. The van der Waals surface area contributed by atoms with Crippen LogP contribution in [0.3, 0.4) is 0 Å². The van der Waals surface area contributed by atoms with Crippen LogP contribution in [0.15, 0.2) is 29.4 Å². The summed E-state index contributed by atoms with van der Waals surface area (Å²) < 4.78 is 41.7. The van der Waals surface area contributed by atoms with Gasteiger partial charge in [0.05, 0.1) is 10.9 Å². The molecule has 1 unspecified atom stereocenters. The molecule has 2 aromatic rings. The first-order valence-electron chi connectivity index (χ1n) is 7.39. The van der Waals surface area contributed by atoms with Crippen molar-refractivity contribution >= 4 is 17.7 Å². The fourth-order valence-corrected chi connectivity index (χ4v) is 2.64. The smallest absolute Gasteiger partial charge is 0.406 e. The highest BCUT2D eigenvalue weighted by atomic mass is 32.2. The number of alkyl halides is 3. The second-order valence-electron chi connectivity index (χ2n) is 4.97. The van der Waals surface area contributed by atoms with Crippen molar-refractivity contribution in [2.45, 2.75) is 37.0 Å². The van der Waals surface area contributed by atoms with Crippen LogP contribution in [-0.4, -0.2) is 44.3 Å². The lowest BCUT2D eigenvalue weighted by Crippen LogP contribution is -2.31. The van der Waals surface area contributed by atoms with Gasteiger partial charge in [0.1, 0.15) is 5.75 Å². The van der Waals surface area contributed by atoms with Gasteiger partial charge in [0.25, 0.3) is 0 Å². The molecule has 7 nitrogen and oxygen atoms in total. The van der Waals surface area contributed by atoms with Crippen molar-refractivity contribution in [2.24, 2.45) is 0 Å². The number of benzene rings is 1. The van der Waals surface area contributed by atoms with E-state index in [1.165, 1.54) is 16.8 Å². The number of rotatable bonds is 7. The highest BCUT2D eigenvalue weighted by Gasteiger charge is 2.31. The predicted molar refractivity (Wildman–Crippen MR) is 84.5 cm³/mol. The van der Waals surface area contributed by atoms with Crippen molar-refractivity contribution in [2.75, 3.05) is 6.54 Å². The molecule has 0 aliphatic heterocycles. The first-order valence-corrected chi connectivity index (χ1v) is 8.27. The van der Waals surface area contributed by atoms with Gasteiger partial charge in [-0.3, -0.25) is 4.79 Å². The van der Waals surface area contributed by atoms with Crippen LogP contribution in [-0.2, 0) is 4.79 Å². The monoisotopic (exact) mass is 375 g/mol. The predicted octanol–water partition coefficient (Wildman–Crippen LogP) is 2.57. The van der Waals surface area contributed by atoms with Crippen molar-refractivity contribution in [1.82, 2.24) is 25.5 Å². The van der Waals surface area contributed by atoms with Gasteiger partial charge in [-0.25, -0.2) is 0 Å². The molecular formula is C14H16F3N5O2S. The van der Waals surface area contributed by atoms with E-state index in [9.17, 15) is 18.0 Å². The number of nitrogens with zero attached hydrogens (tertiary/aromatic N) is 4. The van der Waals surface area contributed by atoms with Gasteiger partial charge in [-0.15, -0.1) is 18.3 Å². The lowest BCUT2D eigenvalue weighted by atomic mass is 10.3. The van der Waals surface area contributed by atoms with Crippen LogP contribution in [0.4, 0.5) is 13.2 Å². The van der Waals surface area contributed by atoms with E-state index in [1.54, 1.807) is 6.92 Å². The van der Waals surface area contributed by atoms with Gasteiger partial charge in [0.2, 0.25) is 11.1 Å². The summed E-state index contributed by atoms with van der Waals surface area (Å²) in [6.45, 7) is 4.25. The van der Waals surface area contributed by atoms with Gasteiger partial charge in [-0.05, 0) is 48.0 Å². The summed E-state index contributed by atoms with van der Waals surface area (Å²) in [4.78, 5) is 11.9. The van der Waals surface area contributed by atoms with E-state index in [4.69, 9.17) is 0 Å². The zero-order valence-corrected chi connectivity index (χ0v) is 14.3. The Morgan fingerprint density at radius 3 is 2.64 bits per heavy atom. The lowest BCUT2D eigenvalue weighted by Gasteiger charge is -2.12. The molecule has 11 heteroatoms. The number of amides is 1. The third-order valence-corrected chi connectivity index (χ3v) is 3.99. The van der Waals surface area contributed by atoms with E-state index in [0.29, 0.717) is 17.4 Å². The Morgan fingerprint density at radius 1 is 1.36 bits per heavy atom. The van der Waals surface area contributed by atoms with Gasteiger partial charge in [-0.1, -0.05) is 18.7 Å². The van der Waals surface area contributed by atoms with Crippen molar-refractivity contribution in [3.05, 3.63) is 24.3 Å². The first kappa shape index (κ1) is 19.0. The number of halogens is 3. The van der Waals surface area contributed by atoms with Crippen molar-refractivity contribution < 1.29 is 22.7 Å². The fraction of sp³-hybridized carbons (Fsp3) is 0.429. The Kier molecular flexibility index (Phi) is 6.23. The summed E-state index contributed by atoms with van der Waals surface area (Å²) in [5, 5.41) is 13.9. The maximum atomic E-state index is 12.2. The standard InChI is InChI=1S/C14H16F3N5O2S/c1-3-8-18-12(23)9(2)25-13-19-20-21-22(13)10-4-6-11(7-5-10)24-14(15,16)17/h4-7,9H,3,8H2,1-2H3,(H,18,23). The Hall–Kier alpha value is -2.30. The Labute approximate surface area is 145 Å². The molecule has 0 aliphatic carbocycles. The number of aromatic nitrogens is 4. The molecule has 1 amide bonds. The molecule has 0 aliphatic rings. The highest BCUT2D eigenvalue weighted by Crippen LogP contribution is 2.26. The summed E-state index contributed by atoms with van der Waals surface area (Å²) in [6.07, 6.45) is -3.92. The second kappa shape index (κ2) is 8.19. The summed E-state index contributed by atoms with van der Waals surface area (Å²) in [5.74, 6) is -0.485. The number of tetrazole rings is 1. The van der Waals surface area contributed by atoms with E-state index < -0.39 is 11.6 Å². The maximum absolute atomic E-state index is 12.2.